The van der Waals surface area contributed by atoms with Crippen LogP contribution in [0.25, 0.3) is 0 Å². The summed E-state index contributed by atoms with van der Waals surface area (Å²) in [5.74, 6) is 0.586. The molecule has 2 N–H and O–H groups in total. The van der Waals surface area contributed by atoms with E-state index in [0.717, 1.165) is 21.5 Å². The van der Waals surface area contributed by atoms with Gasteiger partial charge in [0, 0.05) is 21.1 Å². The van der Waals surface area contributed by atoms with Gasteiger partial charge in [-0.25, -0.2) is 0 Å². The van der Waals surface area contributed by atoms with Crippen molar-refractivity contribution in [2.45, 2.75) is 46.6 Å². The predicted molar refractivity (Wildman–Crippen MR) is 83.9 cm³/mol. The molecule has 0 saturated heterocycles. The van der Waals surface area contributed by atoms with Gasteiger partial charge in [-0.15, -0.1) is 0 Å². The summed E-state index contributed by atoms with van der Waals surface area (Å²) in [7, 11) is 0. The molecule has 0 heterocycles. The maximum atomic E-state index is 6.30. The molecule has 0 radical (unpaired) electrons. The van der Waals surface area contributed by atoms with Gasteiger partial charge in [-0.2, -0.15) is 0 Å². The van der Waals surface area contributed by atoms with Crippen molar-refractivity contribution in [3.63, 3.8) is 0 Å². The van der Waals surface area contributed by atoms with Crippen molar-refractivity contribution < 1.29 is 0 Å². The second-order valence-electron chi connectivity index (χ2n) is 6.35. The fourth-order valence-corrected chi connectivity index (χ4v) is 3.63. The van der Waals surface area contributed by atoms with Gasteiger partial charge in [-0.3, -0.25) is 0 Å². The molecule has 0 fully saturated rings. The molecule has 0 aliphatic heterocycles. The molecule has 0 aliphatic carbocycles. The fourth-order valence-electron chi connectivity index (χ4n) is 2.54. The lowest BCUT2D eigenvalue weighted by Gasteiger charge is -2.26. The second-order valence-corrected chi connectivity index (χ2v) is 7.61. The van der Waals surface area contributed by atoms with Crippen LogP contribution in [0.5, 0.6) is 0 Å². The van der Waals surface area contributed by atoms with Crippen LogP contribution in [0.1, 0.15) is 52.1 Å². The molecular formula is C15H23BrClN. The standard InChI is InChI=1S/C15H23BrClN/c1-10(9-15(2,3)4)8-13(18)14-11(16)6-5-7-12(14)17/h5-7,10,13H,8-9,18H2,1-4H3. The number of hydrogen-bond donors (Lipinski definition) is 1. The monoisotopic (exact) mass is 331 g/mol. The van der Waals surface area contributed by atoms with Gasteiger partial charge in [0.15, 0.2) is 0 Å². The Balaban J connectivity index is 2.74. The summed E-state index contributed by atoms with van der Waals surface area (Å²) in [6.45, 7) is 9.05. The first-order valence-corrected chi connectivity index (χ1v) is 7.57. The van der Waals surface area contributed by atoms with E-state index in [2.05, 4.69) is 43.6 Å². The van der Waals surface area contributed by atoms with E-state index in [9.17, 15) is 0 Å². The molecule has 1 rings (SSSR count). The topological polar surface area (TPSA) is 26.0 Å². The van der Waals surface area contributed by atoms with Gasteiger partial charge in [0.1, 0.15) is 0 Å². The Kier molecular flexibility index (Phi) is 5.69. The third-order valence-electron chi connectivity index (χ3n) is 2.99. The van der Waals surface area contributed by atoms with Gasteiger partial charge in [-0.05, 0) is 36.3 Å². The van der Waals surface area contributed by atoms with Crippen LogP contribution in [0, 0.1) is 11.3 Å². The van der Waals surface area contributed by atoms with Crippen LogP contribution in [0.3, 0.4) is 0 Å². The van der Waals surface area contributed by atoms with Crippen molar-refractivity contribution in [3.05, 3.63) is 33.3 Å². The summed E-state index contributed by atoms with van der Waals surface area (Å²) in [5.41, 5.74) is 7.67. The molecule has 1 aromatic rings. The van der Waals surface area contributed by atoms with Gasteiger partial charge in [0.2, 0.25) is 0 Å². The van der Waals surface area contributed by atoms with Crippen molar-refractivity contribution in [1.82, 2.24) is 0 Å². The zero-order valence-electron chi connectivity index (χ0n) is 11.6. The lowest BCUT2D eigenvalue weighted by molar-refractivity contribution is 0.286. The number of nitrogens with two attached hydrogens (primary N) is 1. The van der Waals surface area contributed by atoms with Crippen LogP contribution in [-0.4, -0.2) is 0 Å². The normalized spacial score (nSPS) is 15.5. The minimum absolute atomic E-state index is 0.00887. The Bertz CT molecular complexity index is 378. The van der Waals surface area contributed by atoms with E-state index < -0.39 is 0 Å². The van der Waals surface area contributed by atoms with E-state index in [4.69, 9.17) is 17.3 Å². The smallest absolute Gasteiger partial charge is 0.0465 e. The second kappa shape index (κ2) is 6.40. The quantitative estimate of drug-likeness (QED) is 0.767. The lowest BCUT2D eigenvalue weighted by Crippen LogP contribution is -2.18. The molecule has 0 aliphatic rings. The van der Waals surface area contributed by atoms with Crippen molar-refractivity contribution in [2.75, 3.05) is 0 Å². The average Bonchev–Trinajstić information content (AvgIpc) is 2.13. The molecule has 2 unspecified atom stereocenters. The van der Waals surface area contributed by atoms with E-state index >= 15 is 0 Å². The van der Waals surface area contributed by atoms with Gasteiger partial charge < -0.3 is 5.73 Å². The summed E-state index contributed by atoms with van der Waals surface area (Å²) in [4.78, 5) is 0. The highest BCUT2D eigenvalue weighted by molar-refractivity contribution is 9.10. The first-order chi connectivity index (χ1) is 8.20. The molecule has 1 nitrogen and oxygen atoms in total. The molecular weight excluding hydrogens is 310 g/mol. The first kappa shape index (κ1) is 16.0. The minimum Gasteiger partial charge on any atom is -0.324 e. The number of benzene rings is 1. The molecule has 0 bridgehead atoms. The summed E-state index contributed by atoms with van der Waals surface area (Å²) in [5, 5.41) is 0.750. The largest absolute Gasteiger partial charge is 0.324 e. The maximum Gasteiger partial charge on any atom is 0.0465 e. The predicted octanol–water partition coefficient (Wildman–Crippen LogP) is 5.56. The lowest BCUT2D eigenvalue weighted by atomic mass is 9.82. The molecule has 2 atom stereocenters. The highest BCUT2D eigenvalue weighted by Gasteiger charge is 2.20. The Morgan fingerprint density at radius 3 is 2.44 bits per heavy atom. The van der Waals surface area contributed by atoms with Crippen LogP contribution in [0.2, 0.25) is 5.02 Å². The molecule has 102 valence electrons. The SMILES string of the molecule is CC(CC(N)c1c(Cl)cccc1Br)CC(C)(C)C. The van der Waals surface area contributed by atoms with E-state index in [0.29, 0.717) is 11.3 Å². The van der Waals surface area contributed by atoms with E-state index in [1.807, 2.05) is 18.2 Å². The molecule has 3 heteroatoms. The van der Waals surface area contributed by atoms with Crippen LogP contribution in [0.4, 0.5) is 0 Å². The molecule has 0 spiro atoms. The van der Waals surface area contributed by atoms with Gasteiger partial charge >= 0.3 is 0 Å². The zero-order valence-corrected chi connectivity index (χ0v) is 14.0. The van der Waals surface area contributed by atoms with Gasteiger partial charge in [0.05, 0.1) is 0 Å². The molecule has 1 aromatic carbocycles. The number of hydrogen-bond acceptors (Lipinski definition) is 1. The number of halogens is 2. The van der Waals surface area contributed by atoms with Crippen LogP contribution < -0.4 is 5.73 Å². The molecule has 18 heavy (non-hydrogen) atoms. The molecule has 0 amide bonds. The Morgan fingerprint density at radius 1 is 1.33 bits per heavy atom. The van der Waals surface area contributed by atoms with Gasteiger partial charge in [0.25, 0.3) is 0 Å². The summed E-state index contributed by atoms with van der Waals surface area (Å²) < 4.78 is 1.01. The summed E-state index contributed by atoms with van der Waals surface area (Å²) >= 11 is 9.77. The van der Waals surface area contributed by atoms with Crippen LogP contribution in [0.15, 0.2) is 22.7 Å². The van der Waals surface area contributed by atoms with Crippen molar-refractivity contribution >= 4 is 27.5 Å². The van der Waals surface area contributed by atoms with E-state index in [1.54, 1.807) is 0 Å². The number of rotatable bonds is 4. The Hall–Kier alpha value is -0.0500. The third kappa shape index (κ3) is 4.91. The van der Waals surface area contributed by atoms with Crippen molar-refractivity contribution in [1.29, 1.82) is 0 Å². The Morgan fingerprint density at radius 2 is 1.94 bits per heavy atom. The molecule has 0 saturated carbocycles. The van der Waals surface area contributed by atoms with Gasteiger partial charge in [-0.1, -0.05) is 61.3 Å². The highest BCUT2D eigenvalue weighted by Crippen LogP contribution is 2.35. The van der Waals surface area contributed by atoms with E-state index in [1.165, 1.54) is 6.42 Å². The molecule has 0 aromatic heterocycles. The average molecular weight is 333 g/mol. The highest BCUT2D eigenvalue weighted by atomic mass is 79.9. The fraction of sp³-hybridized carbons (Fsp3) is 0.600. The minimum atomic E-state index is -0.00887. The first-order valence-electron chi connectivity index (χ1n) is 6.40. The third-order valence-corrected chi connectivity index (χ3v) is 4.01. The summed E-state index contributed by atoms with van der Waals surface area (Å²) in [6, 6.07) is 5.82. The van der Waals surface area contributed by atoms with Crippen molar-refractivity contribution in [2.24, 2.45) is 17.1 Å². The maximum absolute atomic E-state index is 6.30. The Labute approximate surface area is 124 Å². The zero-order chi connectivity index (χ0) is 13.9. The van der Waals surface area contributed by atoms with Crippen LogP contribution >= 0.6 is 27.5 Å². The summed E-state index contributed by atoms with van der Waals surface area (Å²) in [6.07, 6.45) is 2.13. The van der Waals surface area contributed by atoms with Crippen LogP contribution in [-0.2, 0) is 0 Å². The van der Waals surface area contributed by atoms with Crippen molar-refractivity contribution in [3.8, 4) is 0 Å². The van der Waals surface area contributed by atoms with E-state index in [-0.39, 0.29) is 6.04 Å².